The van der Waals surface area contributed by atoms with Crippen LogP contribution in [0.15, 0.2) is 0 Å². The van der Waals surface area contributed by atoms with Gasteiger partial charge in [0.2, 0.25) is 0 Å². The molecule has 1 fully saturated rings. The molecule has 136 valence electrons. The maximum Gasteiger partial charge on any atom is 0.410 e. The van der Waals surface area contributed by atoms with E-state index in [-0.39, 0.29) is 6.09 Å². The van der Waals surface area contributed by atoms with Crippen molar-refractivity contribution in [3.05, 3.63) is 0 Å². The molecule has 0 spiro atoms. The molecule has 1 aliphatic heterocycles. The Morgan fingerprint density at radius 2 is 1.96 bits per heavy atom. The summed E-state index contributed by atoms with van der Waals surface area (Å²) in [4.78, 5) is 16.6. The largest absolute Gasteiger partial charge is 0.444 e. The van der Waals surface area contributed by atoms with Crippen LogP contribution in [-0.4, -0.2) is 66.8 Å². The van der Waals surface area contributed by atoms with E-state index in [9.17, 15) is 4.79 Å². The van der Waals surface area contributed by atoms with Gasteiger partial charge in [-0.05, 0) is 66.1 Å². The zero-order valence-corrected chi connectivity index (χ0v) is 15.9. The number of rotatable bonds is 7. The van der Waals surface area contributed by atoms with Crippen molar-refractivity contribution in [3.63, 3.8) is 0 Å². The van der Waals surface area contributed by atoms with E-state index >= 15 is 0 Å². The highest BCUT2D eigenvalue weighted by molar-refractivity contribution is 5.68. The second kappa shape index (κ2) is 10.1. The molecule has 0 aliphatic carbocycles. The van der Waals surface area contributed by atoms with Gasteiger partial charge in [-0.3, -0.25) is 0 Å². The Labute approximate surface area is 142 Å². The molecule has 1 atom stereocenters. The summed E-state index contributed by atoms with van der Waals surface area (Å²) in [5.74, 6) is 0. The number of hydrogen-bond acceptors (Lipinski definition) is 4. The highest BCUT2D eigenvalue weighted by Crippen LogP contribution is 2.12. The molecule has 1 saturated heterocycles. The average molecular weight is 328 g/mol. The number of nitrogens with one attached hydrogen (secondary N) is 1. The Morgan fingerprint density at radius 1 is 1.22 bits per heavy atom. The standard InChI is InChI=1S/C18H37N3O2/c1-6-12-21(17(22)23-18(3,4)5)15-11-19-16-9-8-13-20(7-2)14-10-16/h16,19H,6-15H2,1-5H3. The molecule has 1 aliphatic rings. The predicted octanol–water partition coefficient (Wildman–Crippen LogP) is 3.10. The molecule has 0 radical (unpaired) electrons. The lowest BCUT2D eigenvalue weighted by Crippen LogP contribution is -2.42. The Hall–Kier alpha value is -0.810. The summed E-state index contributed by atoms with van der Waals surface area (Å²) >= 11 is 0. The molecule has 5 nitrogen and oxygen atoms in total. The molecule has 0 aromatic carbocycles. The van der Waals surface area contributed by atoms with E-state index in [1.54, 1.807) is 0 Å². The average Bonchev–Trinajstić information content (AvgIpc) is 2.69. The van der Waals surface area contributed by atoms with E-state index in [0.29, 0.717) is 6.04 Å². The first-order chi connectivity index (χ1) is 10.9. The van der Waals surface area contributed by atoms with Gasteiger partial charge in [-0.1, -0.05) is 13.8 Å². The Kier molecular flexibility index (Phi) is 8.92. The normalized spacial score (nSPS) is 20.1. The van der Waals surface area contributed by atoms with Crippen LogP contribution in [0, 0.1) is 0 Å². The topological polar surface area (TPSA) is 44.8 Å². The van der Waals surface area contributed by atoms with Crippen LogP contribution >= 0.6 is 0 Å². The van der Waals surface area contributed by atoms with Crippen molar-refractivity contribution < 1.29 is 9.53 Å². The van der Waals surface area contributed by atoms with Crippen molar-refractivity contribution in [1.82, 2.24) is 15.1 Å². The Balaban J connectivity index is 2.36. The smallest absolute Gasteiger partial charge is 0.410 e. The van der Waals surface area contributed by atoms with E-state index in [4.69, 9.17) is 4.74 Å². The third kappa shape index (κ3) is 8.56. The number of ether oxygens (including phenoxy) is 1. The molecule has 5 heteroatoms. The van der Waals surface area contributed by atoms with Crippen LogP contribution in [0.3, 0.4) is 0 Å². The molecule has 23 heavy (non-hydrogen) atoms. The third-order valence-corrected chi connectivity index (χ3v) is 4.23. The molecule has 0 aromatic heterocycles. The molecule has 0 bridgehead atoms. The van der Waals surface area contributed by atoms with Gasteiger partial charge in [-0.15, -0.1) is 0 Å². The van der Waals surface area contributed by atoms with Gasteiger partial charge >= 0.3 is 6.09 Å². The maximum atomic E-state index is 12.2. The van der Waals surface area contributed by atoms with Crippen LogP contribution in [0.1, 0.15) is 60.3 Å². The summed E-state index contributed by atoms with van der Waals surface area (Å²) in [6.45, 7) is 15.9. The highest BCUT2D eigenvalue weighted by Gasteiger charge is 2.22. The molecule has 0 saturated carbocycles. The van der Waals surface area contributed by atoms with Crippen LogP contribution in [0.25, 0.3) is 0 Å². The van der Waals surface area contributed by atoms with Gasteiger partial charge < -0.3 is 19.9 Å². The van der Waals surface area contributed by atoms with Crippen LogP contribution in [0.2, 0.25) is 0 Å². The number of hydrogen-bond donors (Lipinski definition) is 1. The van der Waals surface area contributed by atoms with E-state index in [2.05, 4.69) is 24.1 Å². The fourth-order valence-corrected chi connectivity index (χ4v) is 2.97. The summed E-state index contributed by atoms with van der Waals surface area (Å²) in [5, 5.41) is 3.64. The Morgan fingerprint density at radius 3 is 2.57 bits per heavy atom. The van der Waals surface area contributed by atoms with Crippen LogP contribution < -0.4 is 5.32 Å². The van der Waals surface area contributed by atoms with Crippen molar-refractivity contribution in [2.75, 3.05) is 39.3 Å². The predicted molar refractivity (Wildman–Crippen MR) is 95.9 cm³/mol. The lowest BCUT2D eigenvalue weighted by molar-refractivity contribution is 0.0250. The van der Waals surface area contributed by atoms with E-state index in [0.717, 1.165) is 32.6 Å². The van der Waals surface area contributed by atoms with E-state index < -0.39 is 5.60 Å². The number of carbonyl (C=O) groups excluding carboxylic acids is 1. The van der Waals surface area contributed by atoms with Crippen molar-refractivity contribution in [1.29, 1.82) is 0 Å². The van der Waals surface area contributed by atoms with Gasteiger partial charge in [0.1, 0.15) is 5.60 Å². The zero-order valence-electron chi connectivity index (χ0n) is 15.9. The fraction of sp³-hybridized carbons (Fsp3) is 0.944. The minimum Gasteiger partial charge on any atom is -0.444 e. The third-order valence-electron chi connectivity index (χ3n) is 4.23. The quantitative estimate of drug-likeness (QED) is 0.780. The molecular formula is C18H37N3O2. The van der Waals surface area contributed by atoms with Gasteiger partial charge in [-0.2, -0.15) is 0 Å². The minimum atomic E-state index is -0.429. The van der Waals surface area contributed by atoms with Gasteiger partial charge in [0.05, 0.1) is 0 Å². The number of likely N-dealkylation sites (tertiary alicyclic amines) is 1. The first-order valence-corrected chi connectivity index (χ1v) is 9.29. The molecule has 1 N–H and O–H groups in total. The summed E-state index contributed by atoms with van der Waals surface area (Å²) in [6.07, 6.45) is 4.45. The summed E-state index contributed by atoms with van der Waals surface area (Å²) in [5.41, 5.74) is -0.429. The number of amides is 1. The van der Waals surface area contributed by atoms with Crippen LogP contribution in [-0.2, 0) is 4.74 Å². The molecule has 1 rings (SSSR count). The monoisotopic (exact) mass is 327 g/mol. The molecular weight excluding hydrogens is 290 g/mol. The van der Waals surface area contributed by atoms with Crippen molar-refractivity contribution >= 4 is 6.09 Å². The van der Waals surface area contributed by atoms with Gasteiger partial charge in [0, 0.05) is 25.7 Å². The lowest BCUT2D eigenvalue weighted by atomic mass is 10.1. The van der Waals surface area contributed by atoms with Crippen molar-refractivity contribution in [2.45, 2.75) is 71.9 Å². The summed E-state index contributed by atoms with van der Waals surface area (Å²) in [6, 6.07) is 0.577. The van der Waals surface area contributed by atoms with Gasteiger partial charge in [0.15, 0.2) is 0 Å². The summed E-state index contributed by atoms with van der Waals surface area (Å²) in [7, 11) is 0. The molecule has 1 amide bonds. The zero-order chi connectivity index (χ0) is 17.3. The van der Waals surface area contributed by atoms with Crippen LogP contribution in [0.5, 0.6) is 0 Å². The SMILES string of the molecule is CCCN(CCNC1CCCN(CC)CC1)C(=O)OC(C)(C)C. The molecule has 1 heterocycles. The highest BCUT2D eigenvalue weighted by atomic mass is 16.6. The molecule has 0 aromatic rings. The fourth-order valence-electron chi connectivity index (χ4n) is 2.97. The van der Waals surface area contributed by atoms with E-state index in [1.807, 2.05) is 25.7 Å². The lowest BCUT2D eigenvalue weighted by Gasteiger charge is -2.28. The van der Waals surface area contributed by atoms with Gasteiger partial charge in [0.25, 0.3) is 0 Å². The maximum absolute atomic E-state index is 12.2. The second-order valence-corrected chi connectivity index (χ2v) is 7.48. The first kappa shape index (κ1) is 20.2. The van der Waals surface area contributed by atoms with Crippen LogP contribution in [0.4, 0.5) is 4.79 Å². The van der Waals surface area contributed by atoms with E-state index in [1.165, 1.54) is 32.4 Å². The second-order valence-electron chi connectivity index (χ2n) is 7.48. The summed E-state index contributed by atoms with van der Waals surface area (Å²) < 4.78 is 5.50. The number of carbonyl (C=O) groups is 1. The Bertz CT molecular complexity index is 342. The van der Waals surface area contributed by atoms with Gasteiger partial charge in [-0.25, -0.2) is 4.79 Å². The molecule has 1 unspecified atom stereocenters. The van der Waals surface area contributed by atoms with Crippen molar-refractivity contribution in [2.24, 2.45) is 0 Å². The first-order valence-electron chi connectivity index (χ1n) is 9.29. The van der Waals surface area contributed by atoms with Crippen molar-refractivity contribution in [3.8, 4) is 0 Å². The number of nitrogens with zero attached hydrogens (tertiary/aromatic N) is 2. The minimum absolute atomic E-state index is 0.195.